The molecule has 2 N–H and O–H groups in total. The molecule has 0 unspecified atom stereocenters. The molecule has 1 amide bonds. The number of rotatable bonds is 9. The van der Waals surface area contributed by atoms with Crippen molar-refractivity contribution in [3.63, 3.8) is 0 Å². The van der Waals surface area contributed by atoms with Gasteiger partial charge in [0.2, 0.25) is 0 Å². The summed E-state index contributed by atoms with van der Waals surface area (Å²) >= 11 is 0. The molecule has 2 aromatic carbocycles. The Labute approximate surface area is 170 Å². The van der Waals surface area contributed by atoms with Gasteiger partial charge >= 0.3 is 0 Å². The molecule has 3 aromatic rings. The number of carbonyl (C=O) groups excluding carboxylic acids is 1. The third-order valence-electron chi connectivity index (χ3n) is 4.39. The maximum Gasteiger partial charge on any atom is 0.270 e. The van der Waals surface area contributed by atoms with Crippen LogP contribution in [0.4, 0.5) is 5.82 Å². The molecule has 0 radical (unpaired) electrons. The predicted octanol–water partition coefficient (Wildman–Crippen LogP) is 3.08. The molecule has 0 saturated heterocycles. The lowest BCUT2D eigenvalue weighted by molar-refractivity contribution is 0.0946. The number of carbonyl (C=O) groups is 1. The van der Waals surface area contributed by atoms with Gasteiger partial charge in [-0.15, -0.1) is 0 Å². The lowest BCUT2D eigenvalue weighted by Gasteiger charge is -2.09. The summed E-state index contributed by atoms with van der Waals surface area (Å²) < 4.78 is 10.3. The van der Waals surface area contributed by atoms with E-state index >= 15 is 0 Å². The van der Waals surface area contributed by atoms with Gasteiger partial charge in [0.15, 0.2) is 0 Å². The van der Waals surface area contributed by atoms with Gasteiger partial charge in [-0.25, -0.2) is 9.97 Å². The summed E-state index contributed by atoms with van der Waals surface area (Å²) in [5.74, 6) is 1.98. The number of hydrogen-bond acceptors (Lipinski definition) is 6. The Bertz CT molecular complexity index is 928. The molecular formula is C22H24N4O3. The zero-order valence-corrected chi connectivity index (χ0v) is 16.5. The summed E-state index contributed by atoms with van der Waals surface area (Å²) in [6, 6.07) is 17.1. The van der Waals surface area contributed by atoms with Gasteiger partial charge in [-0.1, -0.05) is 24.3 Å². The first-order chi connectivity index (χ1) is 14.2. The van der Waals surface area contributed by atoms with Crippen molar-refractivity contribution in [2.24, 2.45) is 0 Å². The number of anilines is 1. The second-order valence-electron chi connectivity index (χ2n) is 6.34. The van der Waals surface area contributed by atoms with E-state index in [2.05, 4.69) is 20.6 Å². The van der Waals surface area contributed by atoms with Crippen LogP contribution in [-0.4, -0.2) is 36.6 Å². The quantitative estimate of drug-likeness (QED) is 0.582. The first-order valence-electron chi connectivity index (χ1n) is 9.28. The minimum absolute atomic E-state index is 0.249. The Morgan fingerprint density at radius 3 is 2.14 bits per heavy atom. The Morgan fingerprint density at radius 2 is 1.52 bits per heavy atom. The molecule has 29 heavy (non-hydrogen) atoms. The van der Waals surface area contributed by atoms with E-state index in [4.69, 9.17) is 9.47 Å². The van der Waals surface area contributed by atoms with Gasteiger partial charge in [0, 0.05) is 19.2 Å². The van der Waals surface area contributed by atoms with Crippen LogP contribution in [0.5, 0.6) is 11.5 Å². The zero-order chi connectivity index (χ0) is 20.5. The third-order valence-corrected chi connectivity index (χ3v) is 4.39. The van der Waals surface area contributed by atoms with E-state index in [-0.39, 0.29) is 5.91 Å². The third kappa shape index (κ3) is 5.93. The smallest absolute Gasteiger partial charge is 0.270 e. The SMILES string of the molecule is COc1ccc(CCNc2cc(C(=O)NCc3ccc(OC)cc3)ncn2)cc1. The number of amides is 1. The van der Waals surface area contributed by atoms with Crippen LogP contribution < -0.4 is 20.1 Å². The second kappa shape index (κ2) is 10.1. The van der Waals surface area contributed by atoms with Crippen molar-refractivity contribution < 1.29 is 14.3 Å². The molecule has 1 aromatic heterocycles. The van der Waals surface area contributed by atoms with E-state index < -0.39 is 0 Å². The first kappa shape index (κ1) is 20.1. The van der Waals surface area contributed by atoms with Gasteiger partial charge in [0.1, 0.15) is 29.3 Å². The standard InChI is InChI=1S/C22H24N4O3/c1-28-18-7-3-16(4-8-18)11-12-23-21-13-20(25-15-26-21)22(27)24-14-17-5-9-19(29-2)10-6-17/h3-10,13,15H,11-12,14H2,1-2H3,(H,24,27)(H,23,25,26). The van der Waals surface area contributed by atoms with Crippen LogP contribution >= 0.6 is 0 Å². The summed E-state index contributed by atoms with van der Waals surface area (Å²) in [6.07, 6.45) is 2.21. The second-order valence-corrected chi connectivity index (χ2v) is 6.34. The van der Waals surface area contributed by atoms with E-state index in [1.807, 2.05) is 48.5 Å². The number of methoxy groups -OCH3 is 2. The summed E-state index contributed by atoms with van der Waals surface area (Å²) in [4.78, 5) is 20.6. The van der Waals surface area contributed by atoms with Crippen LogP contribution in [-0.2, 0) is 13.0 Å². The Balaban J connectivity index is 1.50. The largest absolute Gasteiger partial charge is 0.497 e. The number of ether oxygens (including phenoxy) is 2. The highest BCUT2D eigenvalue weighted by atomic mass is 16.5. The first-order valence-corrected chi connectivity index (χ1v) is 9.28. The average molecular weight is 392 g/mol. The van der Waals surface area contributed by atoms with Crippen LogP contribution in [0.15, 0.2) is 60.9 Å². The van der Waals surface area contributed by atoms with Crippen molar-refractivity contribution in [3.8, 4) is 11.5 Å². The van der Waals surface area contributed by atoms with E-state index in [0.29, 0.717) is 24.6 Å². The fourth-order valence-electron chi connectivity index (χ4n) is 2.72. The van der Waals surface area contributed by atoms with Crippen molar-refractivity contribution in [3.05, 3.63) is 77.7 Å². The van der Waals surface area contributed by atoms with E-state index in [0.717, 1.165) is 23.5 Å². The van der Waals surface area contributed by atoms with Crippen LogP contribution in [0.1, 0.15) is 21.6 Å². The predicted molar refractivity (Wildman–Crippen MR) is 111 cm³/mol. The molecule has 7 heteroatoms. The Kier molecular flexibility index (Phi) is 7.00. The zero-order valence-electron chi connectivity index (χ0n) is 16.5. The minimum Gasteiger partial charge on any atom is -0.497 e. The van der Waals surface area contributed by atoms with E-state index in [1.54, 1.807) is 20.3 Å². The van der Waals surface area contributed by atoms with Gasteiger partial charge in [-0.2, -0.15) is 0 Å². The molecule has 1 heterocycles. The van der Waals surface area contributed by atoms with Gasteiger partial charge in [-0.3, -0.25) is 4.79 Å². The molecule has 0 aliphatic heterocycles. The molecule has 7 nitrogen and oxygen atoms in total. The van der Waals surface area contributed by atoms with Crippen molar-refractivity contribution in [2.75, 3.05) is 26.1 Å². The van der Waals surface area contributed by atoms with Gasteiger partial charge in [0.25, 0.3) is 5.91 Å². The van der Waals surface area contributed by atoms with Crippen LogP contribution in [0, 0.1) is 0 Å². The lowest BCUT2D eigenvalue weighted by atomic mass is 10.1. The highest BCUT2D eigenvalue weighted by Crippen LogP contribution is 2.13. The summed E-state index contributed by atoms with van der Waals surface area (Å²) in [5.41, 5.74) is 2.48. The number of nitrogens with zero attached hydrogens (tertiary/aromatic N) is 2. The van der Waals surface area contributed by atoms with Crippen molar-refractivity contribution >= 4 is 11.7 Å². The molecule has 3 rings (SSSR count). The molecule has 150 valence electrons. The highest BCUT2D eigenvalue weighted by Gasteiger charge is 2.08. The number of nitrogens with one attached hydrogen (secondary N) is 2. The highest BCUT2D eigenvalue weighted by molar-refractivity contribution is 5.92. The number of benzene rings is 2. The molecule has 0 aliphatic carbocycles. The fraction of sp³-hybridized carbons (Fsp3) is 0.227. The Morgan fingerprint density at radius 1 is 0.897 bits per heavy atom. The number of hydrogen-bond donors (Lipinski definition) is 2. The maximum atomic E-state index is 12.4. The lowest BCUT2D eigenvalue weighted by Crippen LogP contribution is -2.24. The van der Waals surface area contributed by atoms with Crippen LogP contribution in [0.3, 0.4) is 0 Å². The summed E-state index contributed by atoms with van der Waals surface area (Å²) in [7, 11) is 3.27. The fourth-order valence-corrected chi connectivity index (χ4v) is 2.72. The van der Waals surface area contributed by atoms with Crippen LogP contribution in [0.25, 0.3) is 0 Å². The van der Waals surface area contributed by atoms with Crippen molar-refractivity contribution in [1.82, 2.24) is 15.3 Å². The summed E-state index contributed by atoms with van der Waals surface area (Å²) in [6.45, 7) is 1.10. The molecule has 0 spiro atoms. The van der Waals surface area contributed by atoms with Crippen molar-refractivity contribution in [1.29, 1.82) is 0 Å². The molecule has 0 aliphatic rings. The molecule has 0 fully saturated rings. The summed E-state index contributed by atoms with van der Waals surface area (Å²) in [5, 5.41) is 6.09. The molecule has 0 atom stereocenters. The van der Waals surface area contributed by atoms with Gasteiger partial charge in [0.05, 0.1) is 14.2 Å². The topological polar surface area (TPSA) is 85.4 Å². The maximum absolute atomic E-state index is 12.4. The Hall–Kier alpha value is -3.61. The van der Waals surface area contributed by atoms with Gasteiger partial charge in [-0.05, 0) is 41.8 Å². The molecule has 0 saturated carbocycles. The van der Waals surface area contributed by atoms with Crippen molar-refractivity contribution in [2.45, 2.75) is 13.0 Å². The molecule has 0 bridgehead atoms. The minimum atomic E-state index is -0.249. The van der Waals surface area contributed by atoms with Crippen LogP contribution in [0.2, 0.25) is 0 Å². The normalized spacial score (nSPS) is 10.3. The molecular weight excluding hydrogens is 368 g/mol. The monoisotopic (exact) mass is 392 g/mol. The average Bonchev–Trinajstić information content (AvgIpc) is 2.78. The van der Waals surface area contributed by atoms with E-state index in [1.165, 1.54) is 11.9 Å². The van der Waals surface area contributed by atoms with Gasteiger partial charge < -0.3 is 20.1 Å². The van der Waals surface area contributed by atoms with E-state index in [9.17, 15) is 4.79 Å². The number of aromatic nitrogens is 2.